The molecule has 0 aromatic carbocycles. The Hall–Kier alpha value is -1.16. The van der Waals surface area contributed by atoms with E-state index in [-0.39, 0.29) is 41.1 Å². The second-order valence-electron chi connectivity index (χ2n) is 12.2. The first-order valence-electron chi connectivity index (χ1n) is 13.2. The van der Waals surface area contributed by atoms with Crippen LogP contribution in [-0.4, -0.2) is 28.1 Å². The van der Waals surface area contributed by atoms with Crippen LogP contribution in [-0.2, 0) is 9.59 Å². The highest BCUT2D eigenvalue weighted by molar-refractivity contribution is 5.87. The fraction of sp³-hybridized carbons (Fsp3) is 0.857. The molecule has 0 amide bonds. The number of carbonyl (C=O) groups is 2. The fourth-order valence-electron chi connectivity index (χ4n) is 9.10. The van der Waals surface area contributed by atoms with Crippen molar-refractivity contribution < 1.29 is 19.8 Å². The van der Waals surface area contributed by atoms with E-state index in [0.29, 0.717) is 29.5 Å². The van der Waals surface area contributed by atoms with Crippen LogP contribution in [0.4, 0.5) is 0 Å². The summed E-state index contributed by atoms with van der Waals surface area (Å²) in [5.74, 6) is 1.86. The average molecular weight is 445 g/mol. The Morgan fingerprint density at radius 1 is 1.09 bits per heavy atom. The van der Waals surface area contributed by atoms with Crippen molar-refractivity contribution >= 4 is 11.8 Å². The van der Waals surface area contributed by atoms with Crippen molar-refractivity contribution in [1.82, 2.24) is 0 Å². The van der Waals surface area contributed by atoms with Crippen molar-refractivity contribution in [1.29, 1.82) is 0 Å². The summed E-state index contributed by atoms with van der Waals surface area (Å²) in [6, 6.07) is 0. The molecule has 1 unspecified atom stereocenters. The molecule has 0 saturated heterocycles. The van der Waals surface area contributed by atoms with Crippen LogP contribution in [0.25, 0.3) is 0 Å². The Balaban J connectivity index is 1.65. The number of fused-ring (bicyclic) bond motifs is 5. The summed E-state index contributed by atoms with van der Waals surface area (Å²) in [5, 5.41) is 19.7. The number of aliphatic hydroxyl groups is 1. The molecule has 4 rings (SSSR count). The summed E-state index contributed by atoms with van der Waals surface area (Å²) in [5.41, 5.74) is 0.278. The molecule has 4 heteroatoms. The molecule has 10 atom stereocenters. The molecule has 4 nitrogen and oxygen atoms in total. The third kappa shape index (κ3) is 3.79. The topological polar surface area (TPSA) is 74.6 Å². The van der Waals surface area contributed by atoms with E-state index in [2.05, 4.69) is 39.8 Å². The lowest BCUT2D eigenvalue weighted by Crippen LogP contribution is -2.60. The number of aliphatic carboxylic acids is 1. The molecule has 0 radical (unpaired) electrons. The highest BCUT2D eigenvalue weighted by atomic mass is 16.4. The number of allylic oxidation sites excluding steroid dienone is 2. The van der Waals surface area contributed by atoms with Crippen molar-refractivity contribution in [2.45, 2.75) is 98.0 Å². The van der Waals surface area contributed by atoms with Crippen LogP contribution in [0.1, 0.15) is 91.9 Å². The molecule has 0 bridgehead atoms. The normalized spacial score (nSPS) is 47.0. The maximum Gasteiger partial charge on any atom is 0.303 e. The first-order chi connectivity index (χ1) is 15.1. The Bertz CT molecular complexity index is 759. The zero-order valence-corrected chi connectivity index (χ0v) is 20.6. The van der Waals surface area contributed by atoms with Gasteiger partial charge >= 0.3 is 5.97 Å². The number of Topliss-reactive ketones (excluding diaryl/α,β-unsaturated/α-hetero) is 1. The molecular formula is C28H44O4. The number of carboxylic acids is 1. The van der Waals surface area contributed by atoms with Crippen molar-refractivity contribution in [3.63, 3.8) is 0 Å². The molecule has 180 valence electrons. The van der Waals surface area contributed by atoms with Gasteiger partial charge in [0, 0.05) is 18.3 Å². The number of hydrogen-bond acceptors (Lipinski definition) is 3. The molecule has 0 heterocycles. The molecule has 4 aliphatic carbocycles. The summed E-state index contributed by atoms with van der Waals surface area (Å²) in [6.45, 7) is 9.22. The number of carbonyl (C=O) groups excluding carboxylic acids is 1. The first-order valence-corrected chi connectivity index (χ1v) is 13.2. The lowest BCUT2D eigenvalue weighted by molar-refractivity contribution is -0.168. The molecule has 2 N–H and O–H groups in total. The molecule has 0 aliphatic heterocycles. The van der Waals surface area contributed by atoms with Gasteiger partial charge in [0.15, 0.2) is 0 Å². The van der Waals surface area contributed by atoms with Crippen LogP contribution < -0.4 is 0 Å². The molecule has 4 saturated carbocycles. The smallest absolute Gasteiger partial charge is 0.303 e. The van der Waals surface area contributed by atoms with Gasteiger partial charge in [-0.1, -0.05) is 39.8 Å². The van der Waals surface area contributed by atoms with Gasteiger partial charge < -0.3 is 10.2 Å². The van der Waals surface area contributed by atoms with Crippen LogP contribution in [0, 0.1) is 52.3 Å². The van der Waals surface area contributed by atoms with Crippen molar-refractivity contribution in [3.8, 4) is 0 Å². The quantitative estimate of drug-likeness (QED) is 0.502. The summed E-state index contributed by atoms with van der Waals surface area (Å²) in [7, 11) is 0. The van der Waals surface area contributed by atoms with Crippen LogP contribution in [0.5, 0.6) is 0 Å². The monoisotopic (exact) mass is 444 g/mol. The number of ketones is 1. The van der Waals surface area contributed by atoms with E-state index < -0.39 is 5.97 Å². The number of rotatable bonds is 6. The minimum absolute atomic E-state index is 0.0537. The highest BCUT2D eigenvalue weighted by Crippen LogP contribution is 2.68. The molecule has 0 spiro atoms. The minimum atomic E-state index is -0.702. The molecule has 4 aliphatic rings. The van der Waals surface area contributed by atoms with E-state index in [1.54, 1.807) is 0 Å². The van der Waals surface area contributed by atoms with Gasteiger partial charge in [0.25, 0.3) is 0 Å². The van der Waals surface area contributed by atoms with Gasteiger partial charge in [-0.2, -0.15) is 0 Å². The predicted octanol–water partition coefficient (Wildman–Crippen LogP) is 5.88. The number of hydrogen-bond donors (Lipinski definition) is 2. The SMILES string of the molecule is CCC=CC1C(=O)[C@@H]2[C@H](CC[C@]3(C)[C@@H]([C@H](C)CCC(=O)O)CC[C@@H]23)[C@@]2(C)CC[C@@H](O)C[C@@H]12. The summed E-state index contributed by atoms with van der Waals surface area (Å²) in [4.78, 5) is 25.3. The standard InChI is InChI=1S/C28H44O4/c1-5-6-7-19-23-16-18(29)12-14-28(23,4)22-13-15-27(3)20(17(2)8-11-24(30)31)9-10-21(27)25(22)26(19)32/h6-7,17-23,25,29H,5,8-16H2,1-4H3,(H,30,31)/t17-,18-,19?,20-,21+,22+,23+,25+,27-,28-/m1/s1. The van der Waals surface area contributed by atoms with Crippen LogP contribution in [0.2, 0.25) is 0 Å². The van der Waals surface area contributed by atoms with Crippen LogP contribution in [0.15, 0.2) is 12.2 Å². The van der Waals surface area contributed by atoms with Crippen molar-refractivity contribution in [3.05, 3.63) is 12.2 Å². The predicted molar refractivity (Wildman–Crippen MR) is 126 cm³/mol. The van der Waals surface area contributed by atoms with Gasteiger partial charge in [-0.25, -0.2) is 0 Å². The highest BCUT2D eigenvalue weighted by Gasteiger charge is 2.64. The first kappa shape index (κ1) is 24.0. The van der Waals surface area contributed by atoms with Crippen molar-refractivity contribution in [2.24, 2.45) is 52.3 Å². The van der Waals surface area contributed by atoms with E-state index in [9.17, 15) is 19.8 Å². The maximum atomic E-state index is 14.1. The van der Waals surface area contributed by atoms with Gasteiger partial charge in [0.05, 0.1) is 6.10 Å². The lowest BCUT2D eigenvalue weighted by atomic mass is 9.42. The van der Waals surface area contributed by atoms with Gasteiger partial charge in [-0.15, -0.1) is 0 Å². The zero-order chi connectivity index (χ0) is 23.3. The number of carboxylic acid groups (broad SMARTS) is 1. The molecule has 32 heavy (non-hydrogen) atoms. The largest absolute Gasteiger partial charge is 0.481 e. The molecule has 0 aromatic rings. The third-order valence-electron chi connectivity index (χ3n) is 10.8. The lowest BCUT2D eigenvalue weighted by Gasteiger charge is -2.62. The molecular weight excluding hydrogens is 400 g/mol. The fourth-order valence-corrected chi connectivity index (χ4v) is 9.10. The average Bonchev–Trinajstić information content (AvgIpc) is 3.10. The Morgan fingerprint density at radius 2 is 1.78 bits per heavy atom. The second kappa shape index (κ2) is 8.89. The van der Waals surface area contributed by atoms with E-state index in [1.165, 1.54) is 0 Å². The summed E-state index contributed by atoms with van der Waals surface area (Å²) >= 11 is 0. The maximum absolute atomic E-state index is 14.1. The number of aliphatic hydroxyl groups excluding tert-OH is 1. The summed E-state index contributed by atoms with van der Waals surface area (Å²) < 4.78 is 0. The second-order valence-corrected chi connectivity index (χ2v) is 12.2. The van der Waals surface area contributed by atoms with Crippen LogP contribution >= 0.6 is 0 Å². The van der Waals surface area contributed by atoms with E-state index in [4.69, 9.17) is 0 Å². The zero-order valence-electron chi connectivity index (χ0n) is 20.6. The third-order valence-corrected chi connectivity index (χ3v) is 10.8. The van der Waals surface area contributed by atoms with E-state index in [1.807, 2.05) is 0 Å². The Labute approximate surface area is 194 Å². The van der Waals surface area contributed by atoms with E-state index in [0.717, 1.165) is 57.8 Å². The van der Waals surface area contributed by atoms with Gasteiger partial charge in [0.2, 0.25) is 0 Å². The van der Waals surface area contributed by atoms with Crippen LogP contribution in [0.3, 0.4) is 0 Å². The van der Waals surface area contributed by atoms with Gasteiger partial charge in [-0.3, -0.25) is 9.59 Å². The van der Waals surface area contributed by atoms with Gasteiger partial charge in [0.1, 0.15) is 5.78 Å². The molecule has 4 fully saturated rings. The van der Waals surface area contributed by atoms with Gasteiger partial charge in [-0.05, 0) is 98.2 Å². The Morgan fingerprint density at radius 3 is 2.47 bits per heavy atom. The molecule has 0 aromatic heterocycles. The summed E-state index contributed by atoms with van der Waals surface area (Å²) in [6.07, 6.45) is 13.2. The Kier molecular flexibility index (Phi) is 6.66. The van der Waals surface area contributed by atoms with Crippen molar-refractivity contribution in [2.75, 3.05) is 0 Å². The minimum Gasteiger partial charge on any atom is -0.481 e. The van der Waals surface area contributed by atoms with E-state index >= 15 is 0 Å².